The van der Waals surface area contributed by atoms with Crippen LogP contribution in [0.1, 0.15) is 80.1 Å². The highest BCUT2D eigenvalue weighted by Gasteiger charge is 2.23. The van der Waals surface area contributed by atoms with Crippen LogP contribution >= 0.6 is 0 Å². The third kappa shape index (κ3) is 6.48. The first-order valence-corrected chi connectivity index (χ1v) is 12.2. The molecule has 3 aromatic rings. The van der Waals surface area contributed by atoms with Crippen molar-refractivity contribution in [2.24, 2.45) is 0 Å². The van der Waals surface area contributed by atoms with E-state index in [-0.39, 0.29) is 17.8 Å². The summed E-state index contributed by atoms with van der Waals surface area (Å²) >= 11 is 0. The molecule has 180 valence electrons. The van der Waals surface area contributed by atoms with Gasteiger partial charge in [0.2, 0.25) is 0 Å². The number of aromatic hydroxyl groups is 1. The molecule has 0 saturated carbocycles. The van der Waals surface area contributed by atoms with Crippen LogP contribution in [0.3, 0.4) is 0 Å². The molecular formula is C30H37NO3. The van der Waals surface area contributed by atoms with Crippen LogP contribution in [0.5, 0.6) is 5.75 Å². The lowest BCUT2D eigenvalue weighted by molar-refractivity contribution is 0.0337. The fraction of sp³-hybridized carbons (Fsp3) is 0.367. The van der Waals surface area contributed by atoms with Crippen LogP contribution in [-0.2, 0) is 4.74 Å². The van der Waals surface area contributed by atoms with Crippen molar-refractivity contribution in [3.8, 4) is 5.75 Å². The van der Waals surface area contributed by atoms with Gasteiger partial charge in [-0.1, -0.05) is 60.7 Å². The van der Waals surface area contributed by atoms with Crippen LogP contribution in [-0.4, -0.2) is 34.6 Å². The van der Waals surface area contributed by atoms with Gasteiger partial charge in [-0.05, 0) is 76.9 Å². The Morgan fingerprint density at radius 3 is 1.94 bits per heavy atom. The van der Waals surface area contributed by atoms with Gasteiger partial charge in [-0.15, -0.1) is 0 Å². The quantitative estimate of drug-likeness (QED) is 0.333. The number of esters is 1. The van der Waals surface area contributed by atoms with E-state index in [9.17, 15) is 9.90 Å². The second-order valence-corrected chi connectivity index (χ2v) is 9.41. The van der Waals surface area contributed by atoms with Gasteiger partial charge in [0.1, 0.15) is 11.9 Å². The van der Waals surface area contributed by atoms with Crippen molar-refractivity contribution in [3.05, 3.63) is 101 Å². The smallest absolute Gasteiger partial charge is 0.338 e. The van der Waals surface area contributed by atoms with E-state index >= 15 is 0 Å². The van der Waals surface area contributed by atoms with Gasteiger partial charge in [0.25, 0.3) is 0 Å². The number of phenolic OH excluding ortho intramolecular Hbond substituents is 1. The predicted octanol–water partition coefficient (Wildman–Crippen LogP) is 6.95. The second kappa shape index (κ2) is 11.8. The monoisotopic (exact) mass is 459 g/mol. The van der Waals surface area contributed by atoms with E-state index in [2.05, 4.69) is 44.7 Å². The SMILES string of the molecule is CC(OC(=O)c1ccc(O)c(C(CCN(C(C)C)C(C)C)c2ccccc2)c1)c1ccccc1. The zero-order chi connectivity index (χ0) is 24.7. The number of hydrogen-bond acceptors (Lipinski definition) is 4. The van der Waals surface area contributed by atoms with Crippen molar-refractivity contribution in [2.75, 3.05) is 6.54 Å². The number of carbonyl (C=O) groups is 1. The van der Waals surface area contributed by atoms with Crippen LogP contribution in [0.4, 0.5) is 0 Å². The Morgan fingerprint density at radius 1 is 0.824 bits per heavy atom. The zero-order valence-electron chi connectivity index (χ0n) is 20.9. The standard InChI is InChI=1S/C30H37NO3/c1-21(2)31(22(3)4)19-18-27(25-14-10-7-11-15-25)28-20-26(16-17-29(28)32)30(33)34-23(5)24-12-8-6-9-13-24/h6-17,20-23,27,32H,18-19H2,1-5H3. The van der Waals surface area contributed by atoms with Crippen molar-refractivity contribution in [3.63, 3.8) is 0 Å². The molecule has 4 heteroatoms. The summed E-state index contributed by atoms with van der Waals surface area (Å²) in [7, 11) is 0. The van der Waals surface area contributed by atoms with E-state index in [0.717, 1.165) is 29.7 Å². The van der Waals surface area contributed by atoms with E-state index in [1.807, 2.05) is 55.5 Å². The lowest BCUT2D eigenvalue weighted by Crippen LogP contribution is -2.38. The predicted molar refractivity (Wildman–Crippen MR) is 138 cm³/mol. The largest absolute Gasteiger partial charge is 0.508 e. The molecule has 0 aliphatic heterocycles. The van der Waals surface area contributed by atoms with Crippen LogP contribution in [0.25, 0.3) is 0 Å². The summed E-state index contributed by atoms with van der Waals surface area (Å²) in [4.78, 5) is 15.4. The molecule has 1 N–H and O–H groups in total. The maximum Gasteiger partial charge on any atom is 0.338 e. The third-order valence-electron chi connectivity index (χ3n) is 6.40. The molecular weight excluding hydrogens is 422 g/mol. The van der Waals surface area contributed by atoms with Crippen molar-refractivity contribution in [2.45, 2.75) is 65.1 Å². The van der Waals surface area contributed by atoms with Crippen LogP contribution in [0, 0.1) is 0 Å². The molecule has 0 heterocycles. The normalized spacial score (nSPS) is 13.3. The van der Waals surface area contributed by atoms with Gasteiger partial charge in [0.05, 0.1) is 5.56 Å². The maximum absolute atomic E-state index is 13.0. The van der Waals surface area contributed by atoms with Gasteiger partial charge in [-0.2, -0.15) is 0 Å². The number of hydrogen-bond donors (Lipinski definition) is 1. The minimum atomic E-state index is -0.393. The number of phenols is 1. The summed E-state index contributed by atoms with van der Waals surface area (Å²) in [6, 6.07) is 25.8. The average Bonchev–Trinajstić information content (AvgIpc) is 2.83. The van der Waals surface area contributed by atoms with Gasteiger partial charge in [0.15, 0.2) is 0 Å². The molecule has 3 aromatic carbocycles. The third-order valence-corrected chi connectivity index (χ3v) is 6.40. The Hall–Kier alpha value is -3.11. The highest BCUT2D eigenvalue weighted by Crippen LogP contribution is 2.35. The molecule has 2 atom stereocenters. The average molecular weight is 460 g/mol. The van der Waals surface area contributed by atoms with Gasteiger partial charge >= 0.3 is 5.97 Å². The fourth-order valence-electron chi connectivity index (χ4n) is 4.56. The lowest BCUT2D eigenvalue weighted by atomic mass is 9.86. The molecule has 0 fully saturated rings. The number of nitrogens with zero attached hydrogens (tertiary/aromatic N) is 1. The Morgan fingerprint density at radius 2 is 1.38 bits per heavy atom. The van der Waals surface area contributed by atoms with E-state index in [0.29, 0.717) is 17.6 Å². The number of carbonyl (C=O) groups excluding carboxylic acids is 1. The Bertz CT molecular complexity index is 1040. The van der Waals surface area contributed by atoms with Gasteiger partial charge < -0.3 is 9.84 Å². The van der Waals surface area contributed by atoms with Crippen LogP contribution in [0.2, 0.25) is 0 Å². The van der Waals surface area contributed by atoms with E-state index in [1.165, 1.54) is 0 Å². The first-order valence-electron chi connectivity index (χ1n) is 12.2. The molecule has 34 heavy (non-hydrogen) atoms. The molecule has 0 spiro atoms. The van der Waals surface area contributed by atoms with Gasteiger partial charge in [0, 0.05) is 23.6 Å². The molecule has 2 unspecified atom stereocenters. The van der Waals surface area contributed by atoms with Crippen molar-refractivity contribution < 1.29 is 14.6 Å². The van der Waals surface area contributed by atoms with Crippen molar-refractivity contribution in [1.29, 1.82) is 0 Å². The van der Waals surface area contributed by atoms with Crippen LogP contribution in [0.15, 0.2) is 78.9 Å². The summed E-state index contributed by atoms with van der Waals surface area (Å²) in [5, 5.41) is 10.8. The van der Waals surface area contributed by atoms with Gasteiger partial charge in [-0.25, -0.2) is 4.79 Å². The van der Waals surface area contributed by atoms with E-state index in [1.54, 1.807) is 18.2 Å². The highest BCUT2D eigenvalue weighted by atomic mass is 16.5. The lowest BCUT2D eigenvalue weighted by Gasteiger charge is -2.32. The number of ether oxygens (including phenoxy) is 1. The molecule has 0 saturated heterocycles. The molecule has 0 amide bonds. The Balaban J connectivity index is 1.88. The van der Waals surface area contributed by atoms with E-state index < -0.39 is 5.97 Å². The topological polar surface area (TPSA) is 49.8 Å². The second-order valence-electron chi connectivity index (χ2n) is 9.41. The molecule has 3 rings (SSSR count). The Kier molecular flexibility index (Phi) is 8.89. The molecule has 0 bridgehead atoms. The number of rotatable bonds is 10. The molecule has 4 nitrogen and oxygen atoms in total. The minimum Gasteiger partial charge on any atom is -0.508 e. The molecule has 0 aliphatic rings. The summed E-state index contributed by atoms with van der Waals surface area (Å²) in [5.41, 5.74) is 3.26. The van der Waals surface area contributed by atoms with Gasteiger partial charge in [-0.3, -0.25) is 4.90 Å². The highest BCUT2D eigenvalue weighted by molar-refractivity contribution is 5.90. The summed E-state index contributed by atoms with van der Waals surface area (Å²) in [5.74, 6) is -0.238. The molecule has 0 aliphatic carbocycles. The first-order chi connectivity index (χ1) is 16.3. The maximum atomic E-state index is 13.0. The van der Waals surface area contributed by atoms with Crippen molar-refractivity contribution >= 4 is 5.97 Å². The molecule has 0 radical (unpaired) electrons. The summed E-state index contributed by atoms with van der Waals surface area (Å²) in [6.07, 6.45) is 0.467. The first kappa shape index (κ1) is 25.5. The van der Waals surface area contributed by atoms with Crippen molar-refractivity contribution in [1.82, 2.24) is 4.90 Å². The van der Waals surface area contributed by atoms with Crippen LogP contribution < -0.4 is 0 Å². The summed E-state index contributed by atoms with van der Waals surface area (Å²) in [6.45, 7) is 11.6. The zero-order valence-corrected chi connectivity index (χ0v) is 20.9. The summed E-state index contributed by atoms with van der Waals surface area (Å²) < 4.78 is 5.74. The molecule has 0 aromatic heterocycles. The fourth-order valence-corrected chi connectivity index (χ4v) is 4.56. The Labute approximate surface area is 204 Å². The number of benzene rings is 3. The van der Waals surface area contributed by atoms with E-state index in [4.69, 9.17) is 4.74 Å². The minimum absolute atomic E-state index is 0.0412.